The Morgan fingerprint density at radius 2 is 1.66 bits per heavy atom. The molecule has 7 heteroatoms. The predicted molar refractivity (Wildman–Crippen MR) is 137 cm³/mol. The molecule has 1 N–H and O–H groups in total. The Kier molecular flexibility index (Phi) is 7.90. The van der Waals surface area contributed by atoms with E-state index in [2.05, 4.69) is 41.1 Å². The molecule has 0 aromatic heterocycles. The molecule has 0 spiro atoms. The van der Waals surface area contributed by atoms with E-state index >= 15 is 0 Å². The summed E-state index contributed by atoms with van der Waals surface area (Å²) in [5, 5.41) is 14.3. The van der Waals surface area contributed by atoms with E-state index in [1.165, 1.54) is 30.5 Å². The fraction of sp³-hybridized carbons (Fsp3) is 0.250. The number of ether oxygens (including phenoxy) is 1. The number of carbonyl (C=O) groups excluding carboxylic acids is 1. The molecule has 0 radical (unpaired) electrons. The van der Waals surface area contributed by atoms with Crippen molar-refractivity contribution < 1.29 is 14.5 Å². The summed E-state index contributed by atoms with van der Waals surface area (Å²) in [7, 11) is 0. The molecular formula is C28H29N3O4. The molecule has 0 unspecified atom stereocenters. The number of rotatable bonds is 9. The van der Waals surface area contributed by atoms with Crippen molar-refractivity contribution in [2.45, 2.75) is 25.8 Å². The quantitative estimate of drug-likeness (QED) is 0.313. The SMILES string of the molecule is C=Cc1ccc(-c2ccc(OC(=O)NCCc3ccc(CN4CCCC4)cc3)c([N+](=O)[O-])c2)cc1. The number of nitro groups is 1. The summed E-state index contributed by atoms with van der Waals surface area (Å²) < 4.78 is 5.26. The molecule has 4 rings (SSSR count). The highest BCUT2D eigenvalue weighted by Crippen LogP contribution is 2.32. The van der Waals surface area contributed by atoms with Gasteiger partial charge >= 0.3 is 11.8 Å². The van der Waals surface area contributed by atoms with Crippen LogP contribution in [-0.2, 0) is 13.0 Å². The molecule has 3 aromatic rings. The third-order valence-corrected chi connectivity index (χ3v) is 6.15. The van der Waals surface area contributed by atoms with Crippen LogP contribution in [0.15, 0.2) is 73.3 Å². The maximum absolute atomic E-state index is 12.3. The number of carbonyl (C=O) groups is 1. The molecule has 1 amide bonds. The average Bonchev–Trinajstić information content (AvgIpc) is 3.38. The maximum Gasteiger partial charge on any atom is 0.412 e. The predicted octanol–water partition coefficient (Wildman–Crippen LogP) is 5.83. The van der Waals surface area contributed by atoms with Crippen LogP contribution in [0, 0.1) is 10.1 Å². The van der Waals surface area contributed by atoms with Crippen molar-refractivity contribution in [1.82, 2.24) is 10.2 Å². The van der Waals surface area contributed by atoms with Gasteiger partial charge in [-0.25, -0.2) is 4.79 Å². The van der Waals surface area contributed by atoms with E-state index in [9.17, 15) is 14.9 Å². The molecule has 1 saturated heterocycles. The lowest BCUT2D eigenvalue weighted by atomic mass is 10.0. The number of hydrogen-bond acceptors (Lipinski definition) is 5. The molecule has 0 aliphatic carbocycles. The van der Waals surface area contributed by atoms with Gasteiger partial charge in [-0.15, -0.1) is 0 Å². The number of amides is 1. The molecule has 1 fully saturated rings. The van der Waals surface area contributed by atoms with Crippen LogP contribution >= 0.6 is 0 Å². The minimum Gasteiger partial charge on any atom is -0.403 e. The Bertz CT molecular complexity index is 1180. The van der Waals surface area contributed by atoms with Crippen molar-refractivity contribution in [1.29, 1.82) is 0 Å². The van der Waals surface area contributed by atoms with Crippen LogP contribution < -0.4 is 10.1 Å². The molecular weight excluding hydrogens is 442 g/mol. The maximum atomic E-state index is 12.3. The van der Waals surface area contributed by atoms with Crippen molar-refractivity contribution in [3.05, 3.63) is 100 Å². The van der Waals surface area contributed by atoms with E-state index < -0.39 is 11.0 Å². The summed E-state index contributed by atoms with van der Waals surface area (Å²) in [5.74, 6) is -0.0924. The zero-order valence-corrected chi connectivity index (χ0v) is 19.6. The molecule has 180 valence electrons. The van der Waals surface area contributed by atoms with Gasteiger partial charge in [-0.1, -0.05) is 67.3 Å². The second kappa shape index (κ2) is 11.4. The summed E-state index contributed by atoms with van der Waals surface area (Å²) in [6.45, 7) is 7.39. The smallest absolute Gasteiger partial charge is 0.403 e. The van der Waals surface area contributed by atoms with Crippen LogP contribution in [0.5, 0.6) is 5.75 Å². The van der Waals surface area contributed by atoms with Crippen LogP contribution in [0.1, 0.15) is 29.5 Å². The molecule has 0 atom stereocenters. The van der Waals surface area contributed by atoms with Crippen molar-refractivity contribution in [2.24, 2.45) is 0 Å². The zero-order chi connectivity index (χ0) is 24.6. The van der Waals surface area contributed by atoms with E-state index in [1.54, 1.807) is 12.1 Å². The first-order chi connectivity index (χ1) is 17.0. The van der Waals surface area contributed by atoms with Gasteiger partial charge in [-0.2, -0.15) is 0 Å². The Morgan fingerprint density at radius 3 is 2.31 bits per heavy atom. The van der Waals surface area contributed by atoms with Crippen LogP contribution in [0.4, 0.5) is 10.5 Å². The molecule has 1 aliphatic heterocycles. The number of nitro benzene ring substituents is 1. The summed E-state index contributed by atoms with van der Waals surface area (Å²) >= 11 is 0. The highest BCUT2D eigenvalue weighted by molar-refractivity contribution is 5.75. The molecule has 3 aromatic carbocycles. The lowest BCUT2D eigenvalue weighted by Crippen LogP contribution is -2.29. The molecule has 0 bridgehead atoms. The standard InChI is InChI=1S/C28H29N3O4/c1-2-21-9-11-24(12-10-21)25-13-14-27(26(19-25)31(33)34)35-28(32)29-16-15-22-5-7-23(8-6-22)20-30-17-3-4-18-30/h2,5-14,19H,1,3-4,15-18,20H2,(H,29,32). The average molecular weight is 472 g/mol. The van der Waals surface area contributed by atoms with Gasteiger partial charge in [0.25, 0.3) is 0 Å². The van der Waals surface area contributed by atoms with E-state index in [-0.39, 0.29) is 11.4 Å². The summed E-state index contributed by atoms with van der Waals surface area (Å²) in [6, 6.07) is 20.5. The van der Waals surface area contributed by atoms with Gasteiger partial charge < -0.3 is 10.1 Å². The Balaban J connectivity index is 1.31. The third kappa shape index (κ3) is 6.55. The van der Waals surface area contributed by atoms with Crippen LogP contribution in [-0.4, -0.2) is 35.6 Å². The van der Waals surface area contributed by atoms with E-state index in [4.69, 9.17) is 4.74 Å². The van der Waals surface area contributed by atoms with Crippen molar-refractivity contribution >= 4 is 17.9 Å². The first-order valence-electron chi connectivity index (χ1n) is 11.8. The topological polar surface area (TPSA) is 84.7 Å². The van der Waals surface area contributed by atoms with Gasteiger partial charge in [0.05, 0.1) is 4.92 Å². The number of benzene rings is 3. The number of nitrogens with one attached hydrogen (secondary N) is 1. The number of nitrogens with zero attached hydrogens (tertiary/aromatic N) is 2. The fourth-order valence-corrected chi connectivity index (χ4v) is 4.19. The highest BCUT2D eigenvalue weighted by atomic mass is 16.6. The minimum atomic E-state index is -0.721. The van der Waals surface area contributed by atoms with Crippen LogP contribution in [0.2, 0.25) is 0 Å². The molecule has 1 aliphatic rings. The first kappa shape index (κ1) is 24.2. The normalized spacial score (nSPS) is 13.4. The van der Waals surface area contributed by atoms with Gasteiger partial charge in [0.2, 0.25) is 5.75 Å². The zero-order valence-electron chi connectivity index (χ0n) is 19.6. The fourth-order valence-electron chi connectivity index (χ4n) is 4.19. The van der Waals surface area contributed by atoms with Crippen LogP contribution in [0.3, 0.4) is 0 Å². The Morgan fingerprint density at radius 1 is 1.00 bits per heavy atom. The number of hydrogen-bond donors (Lipinski definition) is 1. The summed E-state index contributed by atoms with van der Waals surface area (Å²) in [5.41, 5.74) is 4.56. The second-order valence-electron chi connectivity index (χ2n) is 8.63. The Labute approximate surface area is 205 Å². The van der Waals surface area contributed by atoms with Gasteiger partial charge in [0.1, 0.15) is 0 Å². The van der Waals surface area contributed by atoms with Gasteiger partial charge in [-0.3, -0.25) is 15.0 Å². The number of likely N-dealkylation sites (tertiary alicyclic amines) is 1. The minimum absolute atomic E-state index is 0.0924. The highest BCUT2D eigenvalue weighted by Gasteiger charge is 2.19. The lowest BCUT2D eigenvalue weighted by Gasteiger charge is -2.14. The molecule has 35 heavy (non-hydrogen) atoms. The largest absolute Gasteiger partial charge is 0.412 e. The second-order valence-corrected chi connectivity index (χ2v) is 8.63. The molecule has 1 heterocycles. The summed E-state index contributed by atoms with van der Waals surface area (Å²) in [4.78, 5) is 25.8. The van der Waals surface area contributed by atoms with Crippen LogP contribution in [0.25, 0.3) is 17.2 Å². The molecule has 7 nitrogen and oxygen atoms in total. The lowest BCUT2D eigenvalue weighted by molar-refractivity contribution is -0.385. The Hall–Kier alpha value is -3.97. The van der Waals surface area contributed by atoms with Gasteiger partial charge in [-0.05, 0) is 66.2 Å². The van der Waals surface area contributed by atoms with Crippen molar-refractivity contribution in [3.8, 4) is 16.9 Å². The van der Waals surface area contributed by atoms with Gasteiger partial charge in [0, 0.05) is 19.2 Å². The monoisotopic (exact) mass is 471 g/mol. The third-order valence-electron chi connectivity index (χ3n) is 6.15. The van der Waals surface area contributed by atoms with Crippen molar-refractivity contribution in [2.75, 3.05) is 19.6 Å². The van der Waals surface area contributed by atoms with Gasteiger partial charge in [0.15, 0.2) is 0 Å². The van der Waals surface area contributed by atoms with E-state index in [0.29, 0.717) is 18.5 Å². The summed E-state index contributed by atoms with van der Waals surface area (Å²) in [6.07, 6.45) is 4.20. The van der Waals surface area contributed by atoms with E-state index in [0.717, 1.165) is 36.3 Å². The van der Waals surface area contributed by atoms with E-state index in [1.807, 2.05) is 24.3 Å². The first-order valence-corrected chi connectivity index (χ1v) is 11.8. The molecule has 0 saturated carbocycles. The van der Waals surface area contributed by atoms with Crippen molar-refractivity contribution in [3.63, 3.8) is 0 Å².